The minimum Gasteiger partial charge on any atom is -0.480 e. The molecule has 2 aromatic carbocycles. The lowest BCUT2D eigenvalue weighted by Gasteiger charge is -2.15. The Hall–Kier alpha value is -3.43. The molecule has 0 aliphatic carbocycles. The van der Waals surface area contributed by atoms with E-state index in [-0.39, 0.29) is 17.5 Å². The molecular weight excluding hydrogens is 369 g/mol. The number of carboxylic acids is 1. The number of amides is 1. The van der Waals surface area contributed by atoms with Gasteiger partial charge in [-0.3, -0.25) is 14.9 Å². The van der Waals surface area contributed by atoms with Gasteiger partial charge in [0.25, 0.3) is 0 Å². The molecule has 1 amide bonds. The molecule has 0 aliphatic heterocycles. The van der Waals surface area contributed by atoms with Crippen LogP contribution in [0.5, 0.6) is 0 Å². The predicted molar refractivity (Wildman–Crippen MR) is 86.4 cm³/mol. The van der Waals surface area contributed by atoms with Gasteiger partial charge >= 0.3 is 11.7 Å². The van der Waals surface area contributed by atoms with E-state index in [9.17, 15) is 38.0 Å². The monoisotopic (exact) mass is 382 g/mol. The molecular formula is C17H13F3N2O5. The second kappa shape index (κ2) is 8.30. The normalized spacial score (nSPS) is 11.7. The predicted octanol–water partition coefficient (Wildman–Crippen LogP) is 2.37. The molecule has 0 saturated heterocycles. The van der Waals surface area contributed by atoms with Crippen LogP contribution in [0, 0.1) is 27.6 Å². The lowest BCUT2D eigenvalue weighted by atomic mass is 10.0. The maximum absolute atomic E-state index is 13.3. The van der Waals surface area contributed by atoms with E-state index >= 15 is 0 Å². The number of rotatable bonds is 7. The van der Waals surface area contributed by atoms with Gasteiger partial charge in [-0.25, -0.2) is 13.6 Å². The first-order valence-corrected chi connectivity index (χ1v) is 7.56. The zero-order valence-electron chi connectivity index (χ0n) is 13.6. The third-order valence-corrected chi connectivity index (χ3v) is 3.63. The topological polar surface area (TPSA) is 110 Å². The second-order valence-electron chi connectivity index (χ2n) is 5.63. The summed E-state index contributed by atoms with van der Waals surface area (Å²) in [4.78, 5) is 33.1. The molecule has 0 bridgehead atoms. The average molecular weight is 382 g/mol. The summed E-state index contributed by atoms with van der Waals surface area (Å²) >= 11 is 0. The second-order valence-corrected chi connectivity index (χ2v) is 5.63. The fourth-order valence-electron chi connectivity index (χ4n) is 2.34. The summed E-state index contributed by atoms with van der Waals surface area (Å²) in [5, 5.41) is 22.2. The highest BCUT2D eigenvalue weighted by molar-refractivity contribution is 5.85. The molecule has 1 atom stereocenters. The molecule has 142 valence electrons. The van der Waals surface area contributed by atoms with Gasteiger partial charge in [0.05, 0.1) is 11.3 Å². The number of nitrogens with one attached hydrogen (secondary N) is 1. The van der Waals surface area contributed by atoms with Crippen LogP contribution in [-0.4, -0.2) is 27.9 Å². The number of carbonyl (C=O) groups excluding carboxylic acids is 1. The summed E-state index contributed by atoms with van der Waals surface area (Å²) in [6.45, 7) is 0. The smallest absolute Gasteiger partial charge is 0.326 e. The first-order chi connectivity index (χ1) is 12.7. The van der Waals surface area contributed by atoms with Crippen LogP contribution in [0.1, 0.15) is 11.1 Å². The molecule has 0 spiro atoms. The Morgan fingerprint density at radius 2 is 1.67 bits per heavy atom. The standard InChI is InChI=1S/C17H13F3N2O5/c18-11-3-1-9(5-13(11)20)8-16(23)21-14(17(24)25)6-10-2-4-12(19)15(7-10)22(26)27/h1-5,7,14H,6,8H2,(H,21,23)(H,24,25)/t14-/m1/s1. The minimum atomic E-state index is -1.45. The highest BCUT2D eigenvalue weighted by Crippen LogP contribution is 2.19. The Bertz CT molecular complexity index is 904. The summed E-state index contributed by atoms with van der Waals surface area (Å²) < 4.78 is 39.4. The molecule has 0 aliphatic rings. The quantitative estimate of drug-likeness (QED) is 0.564. The van der Waals surface area contributed by atoms with Gasteiger partial charge in [-0.2, -0.15) is 4.39 Å². The number of aliphatic carboxylic acids is 1. The Balaban J connectivity index is 2.10. The summed E-state index contributed by atoms with van der Waals surface area (Å²) in [7, 11) is 0. The molecule has 0 radical (unpaired) electrons. The van der Waals surface area contributed by atoms with E-state index in [1.807, 2.05) is 0 Å². The maximum atomic E-state index is 13.3. The van der Waals surface area contributed by atoms with Crippen molar-refractivity contribution in [3.05, 3.63) is 75.1 Å². The van der Waals surface area contributed by atoms with E-state index in [0.717, 1.165) is 24.3 Å². The van der Waals surface area contributed by atoms with E-state index in [0.29, 0.717) is 0 Å². The van der Waals surface area contributed by atoms with Gasteiger partial charge in [0.2, 0.25) is 11.7 Å². The van der Waals surface area contributed by atoms with E-state index in [4.69, 9.17) is 0 Å². The van der Waals surface area contributed by atoms with Crippen LogP contribution < -0.4 is 5.32 Å². The number of benzene rings is 2. The maximum Gasteiger partial charge on any atom is 0.326 e. The van der Waals surface area contributed by atoms with Gasteiger partial charge in [-0.15, -0.1) is 0 Å². The first kappa shape index (κ1) is 19.9. The minimum absolute atomic E-state index is 0.128. The van der Waals surface area contributed by atoms with E-state index in [2.05, 4.69) is 5.32 Å². The zero-order chi connectivity index (χ0) is 20.1. The number of nitro benzene ring substituents is 1. The van der Waals surface area contributed by atoms with Crippen molar-refractivity contribution in [1.82, 2.24) is 5.32 Å². The molecule has 0 saturated carbocycles. The lowest BCUT2D eigenvalue weighted by Crippen LogP contribution is -2.43. The summed E-state index contributed by atoms with van der Waals surface area (Å²) in [6, 6.07) is 4.25. The van der Waals surface area contributed by atoms with Crippen LogP contribution in [0.2, 0.25) is 0 Å². The number of carboxylic acid groups (broad SMARTS) is 1. The average Bonchev–Trinajstić information content (AvgIpc) is 2.58. The van der Waals surface area contributed by atoms with Gasteiger partial charge < -0.3 is 10.4 Å². The van der Waals surface area contributed by atoms with E-state index in [1.54, 1.807) is 0 Å². The zero-order valence-corrected chi connectivity index (χ0v) is 13.6. The molecule has 0 heterocycles. The van der Waals surface area contributed by atoms with Crippen molar-refractivity contribution in [2.24, 2.45) is 0 Å². The van der Waals surface area contributed by atoms with Gasteiger partial charge in [-0.1, -0.05) is 12.1 Å². The number of hydrogen-bond acceptors (Lipinski definition) is 4. The summed E-state index contributed by atoms with van der Waals surface area (Å²) in [6.07, 6.45) is -0.732. The lowest BCUT2D eigenvalue weighted by molar-refractivity contribution is -0.387. The van der Waals surface area contributed by atoms with Crippen molar-refractivity contribution in [3.8, 4) is 0 Å². The molecule has 27 heavy (non-hydrogen) atoms. The van der Waals surface area contributed by atoms with Crippen LogP contribution in [0.4, 0.5) is 18.9 Å². The van der Waals surface area contributed by atoms with Gasteiger partial charge in [0.1, 0.15) is 6.04 Å². The highest BCUT2D eigenvalue weighted by Gasteiger charge is 2.23. The van der Waals surface area contributed by atoms with Gasteiger partial charge in [0, 0.05) is 12.5 Å². The van der Waals surface area contributed by atoms with Crippen molar-refractivity contribution in [2.45, 2.75) is 18.9 Å². The van der Waals surface area contributed by atoms with Gasteiger partial charge in [-0.05, 0) is 29.3 Å². The molecule has 0 aromatic heterocycles. The van der Waals surface area contributed by atoms with Crippen LogP contribution >= 0.6 is 0 Å². The number of nitrogens with zero attached hydrogens (tertiary/aromatic N) is 1. The van der Waals surface area contributed by atoms with Crippen LogP contribution in [0.3, 0.4) is 0 Å². The molecule has 2 rings (SSSR count). The summed E-state index contributed by atoms with van der Waals surface area (Å²) in [5.74, 6) is -5.49. The third kappa shape index (κ3) is 5.27. The van der Waals surface area contributed by atoms with Gasteiger partial charge in [0.15, 0.2) is 11.6 Å². The Kier molecular flexibility index (Phi) is 6.11. The van der Waals surface area contributed by atoms with Crippen molar-refractivity contribution in [3.63, 3.8) is 0 Å². The van der Waals surface area contributed by atoms with Crippen molar-refractivity contribution >= 4 is 17.6 Å². The Morgan fingerprint density at radius 1 is 1.04 bits per heavy atom. The molecule has 10 heteroatoms. The first-order valence-electron chi connectivity index (χ1n) is 7.56. The number of hydrogen-bond donors (Lipinski definition) is 2. The van der Waals surface area contributed by atoms with E-state index in [1.165, 1.54) is 12.1 Å². The van der Waals surface area contributed by atoms with Crippen LogP contribution in [-0.2, 0) is 22.4 Å². The van der Waals surface area contributed by atoms with Crippen LogP contribution in [0.15, 0.2) is 36.4 Å². The SMILES string of the molecule is O=C(Cc1ccc(F)c(F)c1)N[C@H](Cc1ccc(F)c([N+](=O)[O-])c1)C(=O)O. The largest absolute Gasteiger partial charge is 0.480 e. The fraction of sp³-hybridized carbons (Fsp3) is 0.176. The summed E-state index contributed by atoms with van der Waals surface area (Å²) in [5.41, 5.74) is -0.554. The Morgan fingerprint density at radius 3 is 2.26 bits per heavy atom. The van der Waals surface area contributed by atoms with E-state index < -0.39 is 52.4 Å². The molecule has 2 N–H and O–H groups in total. The van der Waals surface area contributed by atoms with Crippen molar-refractivity contribution < 1.29 is 32.8 Å². The third-order valence-electron chi connectivity index (χ3n) is 3.63. The number of halogens is 3. The molecule has 2 aromatic rings. The molecule has 7 nitrogen and oxygen atoms in total. The molecule has 0 unspecified atom stereocenters. The van der Waals surface area contributed by atoms with Crippen molar-refractivity contribution in [2.75, 3.05) is 0 Å². The molecule has 0 fully saturated rings. The van der Waals surface area contributed by atoms with Crippen LogP contribution in [0.25, 0.3) is 0 Å². The Labute approximate surface area is 150 Å². The highest BCUT2D eigenvalue weighted by atomic mass is 19.2. The van der Waals surface area contributed by atoms with Crippen molar-refractivity contribution in [1.29, 1.82) is 0 Å². The number of nitro groups is 1. The number of carbonyl (C=O) groups is 2. The fourth-order valence-corrected chi connectivity index (χ4v) is 2.34.